The van der Waals surface area contributed by atoms with E-state index >= 15 is 0 Å². The van der Waals surface area contributed by atoms with Gasteiger partial charge in [-0.2, -0.15) is 4.31 Å². The molecule has 1 atom stereocenters. The van der Waals surface area contributed by atoms with Gasteiger partial charge in [-0.05, 0) is 37.0 Å². The summed E-state index contributed by atoms with van der Waals surface area (Å²) in [4.78, 5) is 27.9. The minimum Gasteiger partial charge on any atom is -0.341 e. The number of likely N-dealkylation sites (tertiary alicyclic amines) is 1. The quantitative estimate of drug-likeness (QED) is 0.677. The Hall–Kier alpha value is -1.93. The molecular weight excluding hydrogens is 402 g/mol. The molecular formula is C22H35N3O4S. The first-order valence-electron chi connectivity index (χ1n) is 10.9. The molecule has 0 aromatic heterocycles. The maximum absolute atomic E-state index is 13.1. The standard InChI is InChI=1S/C22H35N3O4S/c1-5-25(6-2)30(28,29)19-13-11-12-18(16-19)21(26)23-20(17(3)4)22(27)24-14-9-7-8-10-15-24/h11-13,16-17,20H,5-10,14-15H2,1-4H3,(H,23,26)/t20-/m1/s1. The Kier molecular flexibility index (Phi) is 8.85. The molecule has 1 aliphatic rings. The van der Waals surface area contributed by atoms with Crippen molar-refractivity contribution >= 4 is 21.8 Å². The van der Waals surface area contributed by atoms with Gasteiger partial charge in [0, 0.05) is 31.7 Å². The molecule has 2 amide bonds. The first-order chi connectivity index (χ1) is 14.2. The van der Waals surface area contributed by atoms with Gasteiger partial charge in [0.25, 0.3) is 5.91 Å². The van der Waals surface area contributed by atoms with E-state index in [9.17, 15) is 18.0 Å². The highest BCUT2D eigenvalue weighted by Crippen LogP contribution is 2.18. The highest BCUT2D eigenvalue weighted by molar-refractivity contribution is 7.89. The number of nitrogens with zero attached hydrogens (tertiary/aromatic N) is 2. The number of hydrogen-bond acceptors (Lipinski definition) is 4. The maximum Gasteiger partial charge on any atom is 0.251 e. The van der Waals surface area contributed by atoms with E-state index in [2.05, 4.69) is 5.32 Å². The fraction of sp³-hybridized carbons (Fsp3) is 0.636. The lowest BCUT2D eigenvalue weighted by Crippen LogP contribution is -2.51. The van der Waals surface area contributed by atoms with Crippen LogP contribution >= 0.6 is 0 Å². The fourth-order valence-corrected chi connectivity index (χ4v) is 5.24. The molecule has 0 bridgehead atoms. The third-order valence-electron chi connectivity index (χ3n) is 5.58. The lowest BCUT2D eigenvalue weighted by atomic mass is 10.0. The molecule has 30 heavy (non-hydrogen) atoms. The lowest BCUT2D eigenvalue weighted by molar-refractivity contribution is -0.134. The summed E-state index contributed by atoms with van der Waals surface area (Å²) in [5.41, 5.74) is 0.234. The molecule has 168 valence electrons. The van der Waals surface area contributed by atoms with Gasteiger partial charge in [0.1, 0.15) is 6.04 Å². The number of amides is 2. The zero-order chi connectivity index (χ0) is 22.3. The normalized spacial score (nSPS) is 16.4. The summed E-state index contributed by atoms with van der Waals surface area (Å²) < 4.78 is 26.9. The number of sulfonamides is 1. The second kappa shape index (κ2) is 10.9. The van der Waals surface area contributed by atoms with Crippen LogP contribution in [0.4, 0.5) is 0 Å². The van der Waals surface area contributed by atoms with Crippen molar-refractivity contribution in [3.05, 3.63) is 29.8 Å². The largest absolute Gasteiger partial charge is 0.341 e. The van der Waals surface area contributed by atoms with Crippen LogP contribution in [0.1, 0.15) is 63.7 Å². The molecule has 1 heterocycles. The van der Waals surface area contributed by atoms with Crippen molar-refractivity contribution in [3.8, 4) is 0 Å². The van der Waals surface area contributed by atoms with E-state index in [1.807, 2.05) is 18.7 Å². The summed E-state index contributed by atoms with van der Waals surface area (Å²) >= 11 is 0. The fourth-order valence-electron chi connectivity index (χ4n) is 3.74. The smallest absolute Gasteiger partial charge is 0.251 e. The lowest BCUT2D eigenvalue weighted by Gasteiger charge is -2.29. The summed E-state index contributed by atoms with van der Waals surface area (Å²) in [5.74, 6) is -0.576. The Morgan fingerprint density at radius 2 is 1.67 bits per heavy atom. The van der Waals surface area contributed by atoms with Crippen LogP contribution in [-0.2, 0) is 14.8 Å². The van der Waals surface area contributed by atoms with Gasteiger partial charge in [-0.25, -0.2) is 8.42 Å². The van der Waals surface area contributed by atoms with Crippen molar-refractivity contribution < 1.29 is 18.0 Å². The molecule has 1 saturated heterocycles. The van der Waals surface area contributed by atoms with Crippen LogP contribution < -0.4 is 5.32 Å². The van der Waals surface area contributed by atoms with Crippen molar-refractivity contribution in [1.82, 2.24) is 14.5 Å². The van der Waals surface area contributed by atoms with E-state index in [1.165, 1.54) is 16.4 Å². The Morgan fingerprint density at radius 3 is 2.20 bits per heavy atom. The first-order valence-corrected chi connectivity index (χ1v) is 12.4. The van der Waals surface area contributed by atoms with Gasteiger partial charge < -0.3 is 10.2 Å². The van der Waals surface area contributed by atoms with Crippen LogP contribution in [0.15, 0.2) is 29.2 Å². The molecule has 1 fully saturated rings. The van der Waals surface area contributed by atoms with Crippen LogP contribution in [0, 0.1) is 5.92 Å². The summed E-state index contributed by atoms with van der Waals surface area (Å²) in [7, 11) is -3.66. The van der Waals surface area contributed by atoms with Crippen molar-refractivity contribution in [3.63, 3.8) is 0 Å². The molecule has 7 nitrogen and oxygen atoms in total. The molecule has 2 rings (SSSR count). The molecule has 8 heteroatoms. The van der Waals surface area contributed by atoms with Gasteiger partial charge in [-0.15, -0.1) is 0 Å². The van der Waals surface area contributed by atoms with Crippen molar-refractivity contribution in [2.45, 2.75) is 64.3 Å². The van der Waals surface area contributed by atoms with Gasteiger partial charge >= 0.3 is 0 Å². The molecule has 0 spiro atoms. The number of hydrogen-bond donors (Lipinski definition) is 1. The highest BCUT2D eigenvalue weighted by Gasteiger charge is 2.30. The first kappa shape index (κ1) is 24.3. The molecule has 0 saturated carbocycles. The van der Waals surface area contributed by atoms with Crippen LogP contribution in [0.3, 0.4) is 0 Å². The molecule has 1 aromatic rings. The molecule has 0 radical (unpaired) electrons. The molecule has 0 unspecified atom stereocenters. The Balaban J connectivity index is 2.21. The van der Waals surface area contributed by atoms with Crippen LogP contribution in [0.5, 0.6) is 0 Å². The Morgan fingerprint density at radius 1 is 1.07 bits per heavy atom. The average molecular weight is 438 g/mol. The highest BCUT2D eigenvalue weighted by atomic mass is 32.2. The van der Waals surface area contributed by atoms with Gasteiger partial charge in [-0.1, -0.05) is 46.6 Å². The average Bonchev–Trinajstić information content (AvgIpc) is 3.01. The van der Waals surface area contributed by atoms with E-state index in [1.54, 1.807) is 26.0 Å². The Labute approximate surface area is 180 Å². The van der Waals surface area contributed by atoms with Gasteiger partial charge in [0.05, 0.1) is 4.90 Å². The molecule has 1 aliphatic heterocycles. The van der Waals surface area contributed by atoms with Crippen molar-refractivity contribution in [2.75, 3.05) is 26.2 Å². The topological polar surface area (TPSA) is 86.8 Å². The van der Waals surface area contributed by atoms with E-state index in [4.69, 9.17) is 0 Å². The number of rotatable bonds is 8. The number of carbonyl (C=O) groups excluding carboxylic acids is 2. The van der Waals surface area contributed by atoms with Crippen molar-refractivity contribution in [2.24, 2.45) is 5.92 Å². The maximum atomic E-state index is 13.1. The van der Waals surface area contributed by atoms with Gasteiger partial charge in [0.15, 0.2) is 0 Å². The van der Waals surface area contributed by atoms with E-state index in [0.29, 0.717) is 13.1 Å². The van der Waals surface area contributed by atoms with Gasteiger partial charge in [0.2, 0.25) is 15.9 Å². The van der Waals surface area contributed by atoms with E-state index < -0.39 is 22.0 Å². The summed E-state index contributed by atoms with van der Waals surface area (Å²) in [5, 5.41) is 2.85. The number of carbonyl (C=O) groups is 2. The van der Waals surface area contributed by atoms with Crippen LogP contribution in [0.25, 0.3) is 0 Å². The third kappa shape index (κ3) is 5.82. The third-order valence-corrected chi connectivity index (χ3v) is 7.62. The SMILES string of the molecule is CCN(CC)S(=O)(=O)c1cccc(C(=O)N[C@@H](C(=O)N2CCCCCC2)C(C)C)c1. The van der Waals surface area contributed by atoms with Gasteiger partial charge in [-0.3, -0.25) is 9.59 Å². The molecule has 1 N–H and O–H groups in total. The summed E-state index contributed by atoms with van der Waals surface area (Å²) in [6, 6.07) is 5.37. The zero-order valence-corrected chi connectivity index (χ0v) is 19.4. The summed E-state index contributed by atoms with van der Waals surface area (Å²) in [6.07, 6.45) is 4.21. The molecule has 1 aromatic carbocycles. The minimum absolute atomic E-state index is 0.0628. The predicted octanol–water partition coefficient (Wildman–Crippen LogP) is 2.87. The van der Waals surface area contributed by atoms with Crippen molar-refractivity contribution in [1.29, 1.82) is 0 Å². The second-order valence-electron chi connectivity index (χ2n) is 8.05. The predicted molar refractivity (Wildman–Crippen MR) is 118 cm³/mol. The second-order valence-corrected chi connectivity index (χ2v) is 9.99. The van der Waals surface area contributed by atoms with Crippen LogP contribution in [-0.4, -0.2) is 61.7 Å². The number of nitrogens with one attached hydrogen (secondary N) is 1. The molecule has 0 aliphatic carbocycles. The Bertz CT molecular complexity index is 827. The monoisotopic (exact) mass is 437 g/mol. The number of benzene rings is 1. The minimum atomic E-state index is -3.66. The van der Waals surface area contributed by atoms with E-state index in [0.717, 1.165) is 38.8 Å². The van der Waals surface area contributed by atoms with Crippen LogP contribution in [0.2, 0.25) is 0 Å². The van der Waals surface area contributed by atoms with E-state index in [-0.39, 0.29) is 22.3 Å². The zero-order valence-electron chi connectivity index (χ0n) is 18.6. The summed E-state index contributed by atoms with van der Waals surface area (Å²) in [6.45, 7) is 9.51.